The van der Waals surface area contributed by atoms with Crippen molar-refractivity contribution in [3.63, 3.8) is 0 Å². The van der Waals surface area contributed by atoms with Gasteiger partial charge in [0.25, 0.3) is 5.91 Å². The van der Waals surface area contributed by atoms with Crippen molar-refractivity contribution in [1.29, 1.82) is 0 Å². The number of fused-ring (bicyclic) bond motifs is 5. The van der Waals surface area contributed by atoms with E-state index in [0.29, 0.717) is 22.7 Å². The molecule has 6 heteroatoms. The van der Waals surface area contributed by atoms with Crippen LogP contribution >= 0.6 is 0 Å². The summed E-state index contributed by atoms with van der Waals surface area (Å²) in [5.74, 6) is -0.0956. The Morgan fingerprint density at radius 1 is 1.00 bits per heavy atom. The third kappa shape index (κ3) is 2.75. The second-order valence-electron chi connectivity index (χ2n) is 7.74. The van der Waals surface area contributed by atoms with E-state index in [2.05, 4.69) is 17.5 Å². The highest BCUT2D eigenvalue weighted by molar-refractivity contribution is 6.23. The van der Waals surface area contributed by atoms with Crippen LogP contribution in [0.2, 0.25) is 0 Å². The lowest BCUT2D eigenvalue weighted by molar-refractivity contribution is -0.123. The number of carbonyl (C=O) groups is 3. The highest BCUT2D eigenvalue weighted by atomic mass is 16.5. The fraction of sp³-hybridized carbons (Fsp3) is 0.261. The highest BCUT2D eigenvalue weighted by Crippen LogP contribution is 2.53. The second-order valence-corrected chi connectivity index (χ2v) is 7.74. The van der Waals surface area contributed by atoms with Crippen molar-refractivity contribution in [2.75, 3.05) is 17.3 Å². The van der Waals surface area contributed by atoms with E-state index in [1.807, 2.05) is 0 Å². The maximum Gasteiger partial charge on any atom is 0.255 e. The van der Waals surface area contributed by atoms with Crippen LogP contribution in [0.1, 0.15) is 16.8 Å². The lowest BCUT2D eigenvalue weighted by Gasteiger charge is -2.18. The number of hydrogen-bond acceptors (Lipinski definition) is 4. The fourth-order valence-corrected chi connectivity index (χ4v) is 4.82. The number of allylic oxidation sites excluding steroid dienone is 2. The van der Waals surface area contributed by atoms with Crippen LogP contribution in [0.4, 0.5) is 11.4 Å². The molecule has 1 aliphatic heterocycles. The zero-order valence-electron chi connectivity index (χ0n) is 15.9. The van der Waals surface area contributed by atoms with E-state index < -0.39 is 0 Å². The number of amides is 3. The van der Waals surface area contributed by atoms with Gasteiger partial charge in [-0.15, -0.1) is 0 Å². The fourth-order valence-electron chi connectivity index (χ4n) is 4.82. The van der Waals surface area contributed by atoms with Crippen molar-refractivity contribution in [2.24, 2.45) is 23.7 Å². The van der Waals surface area contributed by atoms with Gasteiger partial charge in [-0.05, 0) is 60.7 Å². The molecule has 0 radical (unpaired) electrons. The molecular weight excluding hydrogens is 368 g/mol. The van der Waals surface area contributed by atoms with Gasteiger partial charge in [-0.1, -0.05) is 18.2 Å². The number of nitrogens with one attached hydrogen (secondary N) is 1. The summed E-state index contributed by atoms with van der Waals surface area (Å²) in [6.07, 6.45) is 5.03. The lowest BCUT2D eigenvalue weighted by atomic mass is 9.85. The summed E-state index contributed by atoms with van der Waals surface area (Å²) < 4.78 is 5.12. The molecular formula is C23H20N2O4. The molecule has 2 aromatic rings. The monoisotopic (exact) mass is 388 g/mol. The van der Waals surface area contributed by atoms with Crippen molar-refractivity contribution in [3.8, 4) is 5.75 Å². The van der Waals surface area contributed by atoms with Crippen LogP contribution < -0.4 is 15.0 Å². The Balaban J connectivity index is 1.38. The van der Waals surface area contributed by atoms with Gasteiger partial charge in [-0.3, -0.25) is 14.4 Å². The molecule has 4 atom stereocenters. The minimum absolute atomic E-state index is 0.149. The predicted octanol–water partition coefficient (Wildman–Crippen LogP) is 3.26. The Hall–Kier alpha value is -3.41. The van der Waals surface area contributed by atoms with Gasteiger partial charge in [0, 0.05) is 11.3 Å². The number of imide groups is 1. The first-order chi connectivity index (χ1) is 14.1. The van der Waals surface area contributed by atoms with E-state index >= 15 is 0 Å². The first-order valence-corrected chi connectivity index (χ1v) is 9.68. The van der Waals surface area contributed by atoms with Gasteiger partial charge in [-0.25, -0.2) is 4.90 Å². The number of anilines is 2. The molecule has 3 aliphatic rings. The van der Waals surface area contributed by atoms with Crippen molar-refractivity contribution < 1.29 is 19.1 Å². The van der Waals surface area contributed by atoms with Gasteiger partial charge >= 0.3 is 0 Å². The Kier molecular flexibility index (Phi) is 4.01. The summed E-state index contributed by atoms with van der Waals surface area (Å²) in [6.45, 7) is 0. The average Bonchev–Trinajstić information content (AvgIpc) is 3.42. The number of carbonyl (C=O) groups excluding carboxylic acids is 3. The van der Waals surface area contributed by atoms with Gasteiger partial charge in [0.1, 0.15) is 5.75 Å². The van der Waals surface area contributed by atoms with Crippen LogP contribution in [0.25, 0.3) is 0 Å². The molecule has 1 saturated carbocycles. The number of hydrogen-bond donors (Lipinski definition) is 1. The van der Waals surface area contributed by atoms with Gasteiger partial charge in [0.2, 0.25) is 11.8 Å². The minimum atomic E-state index is -0.307. The molecule has 1 heterocycles. The minimum Gasteiger partial charge on any atom is -0.497 e. The molecule has 2 aromatic carbocycles. The molecule has 5 rings (SSSR count). The van der Waals surface area contributed by atoms with E-state index in [0.717, 1.165) is 6.42 Å². The number of ether oxygens (including phenoxy) is 1. The Morgan fingerprint density at radius 3 is 2.28 bits per heavy atom. The van der Waals surface area contributed by atoms with E-state index in [1.165, 1.54) is 4.90 Å². The maximum atomic E-state index is 13.0. The summed E-state index contributed by atoms with van der Waals surface area (Å²) in [6, 6.07) is 13.7. The van der Waals surface area contributed by atoms with Crippen molar-refractivity contribution in [1.82, 2.24) is 0 Å². The van der Waals surface area contributed by atoms with Gasteiger partial charge in [-0.2, -0.15) is 0 Å². The lowest BCUT2D eigenvalue weighted by Crippen LogP contribution is -2.33. The predicted molar refractivity (Wildman–Crippen MR) is 108 cm³/mol. The van der Waals surface area contributed by atoms with Gasteiger partial charge in [0.15, 0.2) is 0 Å². The van der Waals surface area contributed by atoms with Gasteiger partial charge < -0.3 is 10.1 Å². The summed E-state index contributed by atoms with van der Waals surface area (Å²) in [5.41, 5.74) is 1.47. The van der Waals surface area contributed by atoms with E-state index in [9.17, 15) is 14.4 Å². The summed E-state index contributed by atoms with van der Waals surface area (Å²) in [4.78, 5) is 39.9. The molecule has 6 nitrogen and oxygen atoms in total. The normalized spacial score (nSPS) is 26.7. The van der Waals surface area contributed by atoms with E-state index in [4.69, 9.17) is 4.74 Å². The second kappa shape index (κ2) is 6.58. The van der Waals surface area contributed by atoms with Crippen LogP contribution in [-0.2, 0) is 9.59 Å². The van der Waals surface area contributed by atoms with Crippen LogP contribution in [0.3, 0.4) is 0 Å². The number of methoxy groups -OCH3 is 1. The molecule has 1 N–H and O–H groups in total. The smallest absolute Gasteiger partial charge is 0.255 e. The molecule has 29 heavy (non-hydrogen) atoms. The summed E-state index contributed by atoms with van der Waals surface area (Å²) >= 11 is 0. The van der Waals surface area contributed by atoms with Crippen LogP contribution in [0.5, 0.6) is 5.75 Å². The molecule has 1 saturated heterocycles. The highest BCUT2D eigenvalue weighted by Gasteiger charge is 2.59. The molecule has 0 spiro atoms. The quantitative estimate of drug-likeness (QED) is 0.644. The third-order valence-electron chi connectivity index (χ3n) is 6.18. The largest absolute Gasteiger partial charge is 0.497 e. The molecule has 2 bridgehead atoms. The van der Waals surface area contributed by atoms with Crippen molar-refractivity contribution >= 4 is 29.1 Å². The average molecular weight is 388 g/mol. The zero-order valence-corrected chi connectivity index (χ0v) is 15.9. The third-order valence-corrected chi connectivity index (χ3v) is 6.18. The molecule has 2 fully saturated rings. The molecule has 2 aliphatic carbocycles. The zero-order chi connectivity index (χ0) is 20.1. The summed E-state index contributed by atoms with van der Waals surface area (Å²) in [7, 11) is 1.58. The number of benzene rings is 2. The molecule has 146 valence electrons. The Morgan fingerprint density at radius 2 is 1.66 bits per heavy atom. The van der Waals surface area contributed by atoms with Crippen molar-refractivity contribution in [3.05, 3.63) is 66.2 Å². The van der Waals surface area contributed by atoms with Crippen LogP contribution in [0, 0.1) is 23.7 Å². The maximum absolute atomic E-state index is 13.0. The van der Waals surface area contributed by atoms with Crippen molar-refractivity contribution in [2.45, 2.75) is 6.42 Å². The molecule has 0 aromatic heterocycles. The SMILES string of the molecule is COc1ccc(NC(=O)c2cccc(N3C(=O)[C@@H]4[C@H](C3=O)[C@H]3C=C[C@H]4C3)c2)cc1. The Bertz CT molecular complexity index is 1010. The first-order valence-electron chi connectivity index (χ1n) is 9.68. The van der Waals surface area contributed by atoms with E-state index in [-0.39, 0.29) is 41.4 Å². The van der Waals surface area contributed by atoms with Crippen LogP contribution in [0.15, 0.2) is 60.7 Å². The first kappa shape index (κ1) is 17.7. The Labute approximate surface area is 168 Å². The topological polar surface area (TPSA) is 75.7 Å². The molecule has 3 amide bonds. The molecule has 0 unspecified atom stereocenters. The summed E-state index contributed by atoms with van der Waals surface area (Å²) in [5, 5.41) is 2.82. The number of nitrogens with zero attached hydrogens (tertiary/aromatic N) is 1. The standard InChI is InChI=1S/C23H20N2O4/c1-29-18-9-7-16(8-10-18)24-21(26)15-3-2-4-17(12-15)25-22(27)19-13-5-6-14(11-13)20(19)23(25)28/h2-10,12-14,19-20H,11H2,1H3,(H,24,26)/t13-,14-,19-,20+/m0/s1. The number of rotatable bonds is 4. The van der Waals surface area contributed by atoms with Crippen LogP contribution in [-0.4, -0.2) is 24.8 Å². The van der Waals surface area contributed by atoms with E-state index in [1.54, 1.807) is 55.6 Å². The van der Waals surface area contributed by atoms with Gasteiger partial charge in [0.05, 0.1) is 24.6 Å².